The molecule has 1 atom stereocenters. The molecule has 1 N–H and O–H groups in total. The summed E-state index contributed by atoms with van der Waals surface area (Å²) in [5.41, 5.74) is 2.04. The van der Waals surface area contributed by atoms with Crippen LogP contribution in [0.25, 0.3) is 0 Å². The molecule has 2 nitrogen and oxygen atoms in total. The van der Waals surface area contributed by atoms with E-state index >= 15 is 0 Å². The van der Waals surface area contributed by atoms with Gasteiger partial charge >= 0.3 is 0 Å². The third-order valence-corrected chi connectivity index (χ3v) is 4.30. The molecule has 2 aliphatic carbocycles. The molecule has 2 heteroatoms. The van der Waals surface area contributed by atoms with Crippen molar-refractivity contribution in [1.29, 1.82) is 0 Å². The van der Waals surface area contributed by atoms with Crippen molar-refractivity contribution < 1.29 is 0 Å². The summed E-state index contributed by atoms with van der Waals surface area (Å²) in [6.45, 7) is 3.46. The molecule has 0 bridgehead atoms. The van der Waals surface area contributed by atoms with Gasteiger partial charge in [0, 0.05) is 25.0 Å². The van der Waals surface area contributed by atoms with E-state index < -0.39 is 0 Å². The molecule has 3 rings (SSSR count). The van der Waals surface area contributed by atoms with Crippen molar-refractivity contribution in [3.63, 3.8) is 0 Å². The molecule has 0 saturated heterocycles. The fourth-order valence-electron chi connectivity index (χ4n) is 2.71. The van der Waals surface area contributed by atoms with Crippen LogP contribution >= 0.6 is 0 Å². The lowest BCUT2D eigenvalue weighted by molar-refractivity contribution is 0.382. The number of aromatic nitrogens is 1. The van der Waals surface area contributed by atoms with Gasteiger partial charge in [0.25, 0.3) is 0 Å². The maximum absolute atomic E-state index is 4.06. The van der Waals surface area contributed by atoms with Gasteiger partial charge in [0.05, 0.1) is 0 Å². The molecule has 0 radical (unpaired) electrons. The Balaban J connectivity index is 1.55. The van der Waals surface area contributed by atoms with Crippen LogP contribution in [-0.2, 0) is 0 Å². The van der Waals surface area contributed by atoms with Gasteiger partial charge in [0.15, 0.2) is 0 Å². The van der Waals surface area contributed by atoms with E-state index in [1.54, 1.807) is 0 Å². The van der Waals surface area contributed by atoms with E-state index in [1.165, 1.54) is 37.8 Å². The molecule has 0 amide bonds. The van der Waals surface area contributed by atoms with Crippen LogP contribution in [0.2, 0.25) is 0 Å². The summed E-state index contributed by atoms with van der Waals surface area (Å²) in [5, 5.41) is 3.70. The second-order valence-corrected chi connectivity index (χ2v) is 5.52. The molecule has 0 aliphatic heterocycles. The molecule has 1 unspecified atom stereocenters. The van der Waals surface area contributed by atoms with Gasteiger partial charge in [0.2, 0.25) is 0 Å². The minimum absolute atomic E-state index is 0.458. The fourth-order valence-corrected chi connectivity index (χ4v) is 2.71. The Morgan fingerprint density at radius 1 is 1.38 bits per heavy atom. The number of nitrogens with one attached hydrogen (secondary N) is 1. The van der Waals surface area contributed by atoms with Crippen LogP contribution in [0.3, 0.4) is 0 Å². The molecular weight excluding hydrogens is 196 g/mol. The lowest BCUT2D eigenvalue weighted by atomic mass is 10.00. The van der Waals surface area contributed by atoms with Crippen LogP contribution in [0.5, 0.6) is 0 Å². The zero-order valence-electron chi connectivity index (χ0n) is 9.95. The third kappa shape index (κ3) is 1.99. The quantitative estimate of drug-likeness (QED) is 0.818. The highest BCUT2D eigenvalue weighted by Crippen LogP contribution is 2.60. The fraction of sp³-hybridized carbons (Fsp3) is 0.643. The highest BCUT2D eigenvalue weighted by molar-refractivity contribution is 5.14. The van der Waals surface area contributed by atoms with Crippen LogP contribution in [0.4, 0.5) is 0 Å². The Labute approximate surface area is 97.5 Å². The summed E-state index contributed by atoms with van der Waals surface area (Å²) in [7, 11) is 0. The van der Waals surface area contributed by atoms with E-state index in [-0.39, 0.29) is 0 Å². The second kappa shape index (κ2) is 3.85. The molecule has 0 spiro atoms. The topological polar surface area (TPSA) is 24.9 Å². The summed E-state index contributed by atoms with van der Waals surface area (Å²) >= 11 is 0. The summed E-state index contributed by atoms with van der Waals surface area (Å²) in [4.78, 5) is 4.06. The summed E-state index contributed by atoms with van der Waals surface area (Å²) < 4.78 is 0. The summed E-state index contributed by atoms with van der Waals surface area (Å²) in [6.07, 6.45) is 9.61. The van der Waals surface area contributed by atoms with Crippen LogP contribution in [-0.4, -0.2) is 11.5 Å². The Morgan fingerprint density at radius 3 is 2.62 bits per heavy atom. The Hall–Kier alpha value is -0.890. The second-order valence-electron chi connectivity index (χ2n) is 5.52. The van der Waals surface area contributed by atoms with Gasteiger partial charge < -0.3 is 5.32 Å². The number of nitrogens with zero attached hydrogens (tertiary/aromatic N) is 1. The average molecular weight is 216 g/mol. The van der Waals surface area contributed by atoms with Crippen LogP contribution < -0.4 is 5.32 Å². The number of pyridine rings is 1. The number of rotatable bonds is 5. The molecule has 2 aliphatic rings. The first kappa shape index (κ1) is 10.3. The van der Waals surface area contributed by atoms with Crippen molar-refractivity contribution in [2.24, 2.45) is 11.3 Å². The highest BCUT2D eigenvalue weighted by Gasteiger charge is 2.53. The van der Waals surface area contributed by atoms with Crippen molar-refractivity contribution >= 4 is 0 Å². The van der Waals surface area contributed by atoms with Gasteiger partial charge in [-0.25, -0.2) is 0 Å². The van der Waals surface area contributed by atoms with Crippen molar-refractivity contribution in [1.82, 2.24) is 10.3 Å². The first-order valence-corrected chi connectivity index (χ1v) is 6.43. The van der Waals surface area contributed by atoms with Crippen LogP contribution in [0, 0.1) is 11.3 Å². The van der Waals surface area contributed by atoms with Gasteiger partial charge in [-0.3, -0.25) is 4.98 Å². The molecule has 1 aromatic rings. The maximum Gasteiger partial charge on any atom is 0.0293 e. The predicted molar refractivity (Wildman–Crippen MR) is 65.0 cm³/mol. The lowest BCUT2D eigenvalue weighted by Gasteiger charge is -2.20. The van der Waals surface area contributed by atoms with Gasteiger partial charge in [-0.05, 0) is 61.6 Å². The Morgan fingerprint density at radius 2 is 2.06 bits per heavy atom. The molecule has 1 aromatic heterocycles. The van der Waals surface area contributed by atoms with Crippen molar-refractivity contribution in [3.8, 4) is 0 Å². The first-order chi connectivity index (χ1) is 7.80. The Kier molecular flexibility index (Phi) is 2.47. The summed E-state index contributed by atoms with van der Waals surface area (Å²) in [5.74, 6) is 1.05. The molecule has 86 valence electrons. The van der Waals surface area contributed by atoms with Crippen molar-refractivity contribution in [2.75, 3.05) is 6.54 Å². The van der Waals surface area contributed by atoms with Gasteiger partial charge in [0.1, 0.15) is 0 Å². The zero-order chi connectivity index (χ0) is 11.0. The number of hydrogen-bond acceptors (Lipinski definition) is 2. The Bertz CT molecular complexity index is 352. The van der Waals surface area contributed by atoms with Gasteiger partial charge in [-0.2, -0.15) is 0 Å². The SMILES string of the molecule is CC(NCC1(C2CC2)CC1)c1ccncc1. The minimum Gasteiger partial charge on any atom is -0.310 e. The van der Waals surface area contributed by atoms with E-state index in [0.717, 1.165) is 5.92 Å². The summed E-state index contributed by atoms with van der Waals surface area (Å²) in [6, 6.07) is 4.67. The van der Waals surface area contributed by atoms with Crippen molar-refractivity contribution in [3.05, 3.63) is 30.1 Å². The molecule has 16 heavy (non-hydrogen) atoms. The van der Waals surface area contributed by atoms with Crippen LogP contribution in [0.15, 0.2) is 24.5 Å². The minimum atomic E-state index is 0.458. The van der Waals surface area contributed by atoms with E-state index in [9.17, 15) is 0 Å². The molecule has 1 heterocycles. The average Bonchev–Trinajstić information content (AvgIpc) is 3.17. The van der Waals surface area contributed by atoms with Crippen molar-refractivity contribution in [2.45, 2.75) is 38.6 Å². The first-order valence-electron chi connectivity index (χ1n) is 6.43. The largest absolute Gasteiger partial charge is 0.310 e. The molecule has 2 saturated carbocycles. The molecule has 2 fully saturated rings. The highest BCUT2D eigenvalue weighted by atomic mass is 14.9. The molecule has 0 aromatic carbocycles. The maximum atomic E-state index is 4.06. The zero-order valence-corrected chi connectivity index (χ0v) is 9.95. The van der Waals surface area contributed by atoms with Gasteiger partial charge in [-0.1, -0.05) is 0 Å². The standard InChI is InChI=1S/C14H20N2/c1-11(12-4-8-15-9-5-12)16-10-14(6-7-14)13-2-3-13/h4-5,8-9,11,13,16H,2-3,6-7,10H2,1H3. The van der Waals surface area contributed by atoms with E-state index in [1.807, 2.05) is 12.4 Å². The van der Waals surface area contributed by atoms with E-state index in [2.05, 4.69) is 29.4 Å². The van der Waals surface area contributed by atoms with E-state index in [4.69, 9.17) is 0 Å². The number of hydrogen-bond donors (Lipinski definition) is 1. The normalized spacial score (nSPS) is 24.1. The predicted octanol–water partition coefficient (Wildman–Crippen LogP) is 2.92. The third-order valence-electron chi connectivity index (χ3n) is 4.30. The van der Waals surface area contributed by atoms with Gasteiger partial charge in [-0.15, -0.1) is 0 Å². The monoisotopic (exact) mass is 216 g/mol. The van der Waals surface area contributed by atoms with E-state index in [0.29, 0.717) is 11.5 Å². The molecular formula is C14H20N2. The smallest absolute Gasteiger partial charge is 0.0293 e. The lowest BCUT2D eigenvalue weighted by Crippen LogP contribution is -2.27. The van der Waals surface area contributed by atoms with Crippen LogP contribution in [0.1, 0.15) is 44.2 Å².